The normalized spacial score (nSPS) is 20.7. The van der Waals surface area contributed by atoms with Crippen LogP contribution in [0.1, 0.15) is 35.5 Å². The van der Waals surface area contributed by atoms with Gasteiger partial charge in [0.2, 0.25) is 0 Å². The molecular weight excluding hydrogens is 378 g/mol. The molecule has 1 fully saturated rings. The highest BCUT2D eigenvalue weighted by Gasteiger charge is 2.47. The third kappa shape index (κ3) is 3.29. The van der Waals surface area contributed by atoms with Crippen LogP contribution < -0.4 is 11.1 Å². The van der Waals surface area contributed by atoms with Gasteiger partial charge >= 0.3 is 11.1 Å². The molecule has 0 saturated carbocycles. The second kappa shape index (κ2) is 7.32. The number of aryl methyl sites for hydroxylation is 1. The maximum Gasteiger partial charge on any atom is 0.332 e. The molecule has 1 atom stereocenters. The van der Waals surface area contributed by atoms with Crippen molar-refractivity contribution in [2.45, 2.75) is 44.8 Å². The summed E-state index contributed by atoms with van der Waals surface area (Å²) in [5.41, 5.74) is 2.08. The molecule has 30 heavy (non-hydrogen) atoms. The van der Waals surface area contributed by atoms with Crippen LogP contribution >= 0.6 is 0 Å². The zero-order valence-corrected chi connectivity index (χ0v) is 17.1. The van der Waals surface area contributed by atoms with Gasteiger partial charge in [0.25, 0.3) is 0 Å². The van der Waals surface area contributed by atoms with Gasteiger partial charge in [0.1, 0.15) is 5.82 Å². The van der Waals surface area contributed by atoms with E-state index in [9.17, 15) is 9.59 Å². The Bertz CT molecular complexity index is 1200. The van der Waals surface area contributed by atoms with Crippen LogP contribution in [0.3, 0.4) is 0 Å². The number of rotatable bonds is 4. The van der Waals surface area contributed by atoms with Crippen LogP contribution in [-0.2, 0) is 25.0 Å². The zero-order chi connectivity index (χ0) is 20.7. The number of hydrogen-bond acceptors (Lipinski definition) is 5. The summed E-state index contributed by atoms with van der Waals surface area (Å²) in [4.78, 5) is 32.1. The molecule has 1 spiro atoms. The third-order valence-electron chi connectivity index (χ3n) is 6.38. The highest BCUT2D eigenvalue weighted by molar-refractivity contribution is 5.23. The standard InChI is InChI=1S/C23H25N5O2/c1-17-5-4-6-18(13-17)14-26-11-8-23(16-26)9-12-27-20(29)21(30)28(25-22(23)27)15-19-7-2-3-10-24-19/h2-7,10,13H,8-9,11-12,14-16H2,1H3/t23-/m1/s1. The lowest BCUT2D eigenvalue weighted by molar-refractivity contribution is 0.298. The highest BCUT2D eigenvalue weighted by Crippen LogP contribution is 2.40. The van der Waals surface area contributed by atoms with Crippen LogP contribution in [0.2, 0.25) is 0 Å². The predicted octanol–water partition coefficient (Wildman–Crippen LogP) is 1.70. The Morgan fingerprint density at radius 1 is 1.00 bits per heavy atom. The Labute approximate surface area is 174 Å². The van der Waals surface area contributed by atoms with Gasteiger partial charge in [-0.25, -0.2) is 4.68 Å². The summed E-state index contributed by atoms with van der Waals surface area (Å²) in [5.74, 6) is 0.759. The monoisotopic (exact) mass is 403 g/mol. The Morgan fingerprint density at radius 3 is 2.67 bits per heavy atom. The lowest BCUT2D eigenvalue weighted by atomic mass is 9.85. The molecule has 0 bridgehead atoms. The average Bonchev–Trinajstić information content (AvgIpc) is 3.31. The van der Waals surface area contributed by atoms with Crippen LogP contribution in [0.25, 0.3) is 0 Å². The van der Waals surface area contributed by atoms with E-state index in [2.05, 4.69) is 41.1 Å². The summed E-state index contributed by atoms with van der Waals surface area (Å²) >= 11 is 0. The molecule has 3 aromatic rings. The molecule has 4 heterocycles. The molecule has 2 aliphatic rings. The minimum absolute atomic E-state index is 0.164. The van der Waals surface area contributed by atoms with Gasteiger partial charge in [-0.05, 0) is 44.0 Å². The summed E-state index contributed by atoms with van der Waals surface area (Å²) in [7, 11) is 0. The van der Waals surface area contributed by atoms with Gasteiger partial charge in [0.05, 0.1) is 12.2 Å². The van der Waals surface area contributed by atoms with E-state index >= 15 is 0 Å². The van der Waals surface area contributed by atoms with E-state index in [0.29, 0.717) is 6.54 Å². The van der Waals surface area contributed by atoms with Gasteiger partial charge in [0.15, 0.2) is 0 Å². The third-order valence-corrected chi connectivity index (χ3v) is 6.38. The fourth-order valence-electron chi connectivity index (χ4n) is 4.87. The van der Waals surface area contributed by atoms with Gasteiger partial charge in [-0.1, -0.05) is 35.9 Å². The highest BCUT2D eigenvalue weighted by atomic mass is 16.2. The minimum atomic E-state index is -0.573. The Balaban J connectivity index is 1.45. The van der Waals surface area contributed by atoms with E-state index in [0.717, 1.165) is 44.0 Å². The lowest BCUT2D eigenvalue weighted by Gasteiger charge is -2.24. The number of hydrogen-bond donors (Lipinski definition) is 0. The number of benzene rings is 1. The molecule has 5 rings (SSSR count). The van der Waals surface area contributed by atoms with Crippen LogP contribution in [0.15, 0.2) is 58.3 Å². The Kier molecular flexibility index (Phi) is 4.62. The maximum absolute atomic E-state index is 12.8. The molecule has 0 amide bonds. The molecule has 154 valence electrons. The fraction of sp³-hybridized carbons (Fsp3) is 0.391. The first-order chi connectivity index (χ1) is 14.5. The molecule has 0 unspecified atom stereocenters. The van der Waals surface area contributed by atoms with Crippen LogP contribution in [0.4, 0.5) is 0 Å². The van der Waals surface area contributed by atoms with E-state index in [1.54, 1.807) is 10.8 Å². The van der Waals surface area contributed by atoms with Crippen molar-refractivity contribution in [2.75, 3.05) is 13.1 Å². The van der Waals surface area contributed by atoms with Crippen LogP contribution in [0.5, 0.6) is 0 Å². The van der Waals surface area contributed by atoms with Crippen LogP contribution in [0, 0.1) is 6.92 Å². The summed E-state index contributed by atoms with van der Waals surface area (Å²) in [6.45, 7) is 5.60. The Hall–Kier alpha value is -3.06. The fourth-order valence-corrected chi connectivity index (χ4v) is 4.87. The van der Waals surface area contributed by atoms with Gasteiger partial charge in [-0.3, -0.25) is 24.0 Å². The van der Waals surface area contributed by atoms with E-state index in [1.165, 1.54) is 15.8 Å². The molecule has 0 N–H and O–H groups in total. The van der Waals surface area contributed by atoms with E-state index in [4.69, 9.17) is 5.10 Å². The van der Waals surface area contributed by atoms with Crippen molar-refractivity contribution in [1.29, 1.82) is 0 Å². The van der Waals surface area contributed by atoms with Gasteiger partial charge in [-0.15, -0.1) is 0 Å². The number of pyridine rings is 1. The SMILES string of the molecule is Cc1cccc(CN2CC[C@@]3(CCn4c3nn(Cc3ccccn3)c(=O)c4=O)C2)c1. The molecule has 1 saturated heterocycles. The van der Waals surface area contributed by atoms with Crippen molar-refractivity contribution < 1.29 is 0 Å². The number of nitrogens with zero attached hydrogens (tertiary/aromatic N) is 5. The smallest absolute Gasteiger partial charge is 0.298 e. The van der Waals surface area contributed by atoms with E-state index in [1.807, 2.05) is 18.2 Å². The quantitative estimate of drug-likeness (QED) is 0.620. The second-order valence-electron chi connectivity index (χ2n) is 8.54. The predicted molar refractivity (Wildman–Crippen MR) is 113 cm³/mol. The first-order valence-electron chi connectivity index (χ1n) is 10.4. The first-order valence-corrected chi connectivity index (χ1v) is 10.4. The lowest BCUT2D eigenvalue weighted by Crippen LogP contribution is -2.45. The van der Waals surface area contributed by atoms with Crippen LogP contribution in [-0.4, -0.2) is 37.3 Å². The van der Waals surface area contributed by atoms with Crippen molar-refractivity contribution >= 4 is 0 Å². The molecule has 7 heteroatoms. The summed E-state index contributed by atoms with van der Waals surface area (Å²) in [6, 6.07) is 14.1. The Morgan fingerprint density at radius 2 is 1.87 bits per heavy atom. The summed E-state index contributed by atoms with van der Waals surface area (Å²) in [5, 5.41) is 4.70. The average molecular weight is 403 g/mol. The second-order valence-corrected chi connectivity index (χ2v) is 8.54. The van der Waals surface area contributed by atoms with Crippen molar-refractivity contribution in [3.8, 4) is 0 Å². The molecular formula is C23H25N5O2. The van der Waals surface area contributed by atoms with Crippen molar-refractivity contribution in [3.63, 3.8) is 0 Å². The van der Waals surface area contributed by atoms with Gasteiger partial charge < -0.3 is 0 Å². The molecule has 1 aromatic carbocycles. The molecule has 7 nitrogen and oxygen atoms in total. The van der Waals surface area contributed by atoms with Crippen molar-refractivity contribution in [2.24, 2.45) is 0 Å². The largest absolute Gasteiger partial charge is 0.332 e. The molecule has 2 aliphatic heterocycles. The van der Waals surface area contributed by atoms with E-state index in [-0.39, 0.29) is 12.0 Å². The molecule has 0 aliphatic carbocycles. The molecule has 0 radical (unpaired) electrons. The maximum atomic E-state index is 12.8. The van der Waals surface area contributed by atoms with Crippen molar-refractivity contribution in [1.82, 2.24) is 24.2 Å². The van der Waals surface area contributed by atoms with E-state index < -0.39 is 11.1 Å². The summed E-state index contributed by atoms with van der Waals surface area (Å²) < 4.78 is 2.90. The van der Waals surface area contributed by atoms with Gasteiger partial charge in [-0.2, -0.15) is 5.10 Å². The number of likely N-dealkylation sites (tertiary alicyclic amines) is 1. The van der Waals surface area contributed by atoms with Crippen molar-refractivity contribution in [3.05, 3.63) is 92.0 Å². The zero-order valence-electron chi connectivity index (χ0n) is 17.1. The molecule has 2 aromatic heterocycles. The van der Waals surface area contributed by atoms with Gasteiger partial charge in [0, 0.05) is 31.2 Å². The first kappa shape index (κ1) is 18.9. The topological polar surface area (TPSA) is 73.0 Å². The minimum Gasteiger partial charge on any atom is -0.298 e. The number of fused-ring (bicyclic) bond motifs is 2. The summed E-state index contributed by atoms with van der Waals surface area (Å²) in [6.07, 6.45) is 3.49. The number of aromatic nitrogens is 4.